The van der Waals surface area contributed by atoms with Gasteiger partial charge in [-0.2, -0.15) is 4.31 Å². The second-order valence-electron chi connectivity index (χ2n) is 9.38. The molecular weight excluding hydrogens is 592 g/mol. The van der Waals surface area contributed by atoms with Crippen LogP contribution in [-0.2, 0) is 29.5 Å². The summed E-state index contributed by atoms with van der Waals surface area (Å²) in [6.07, 6.45) is 0. The zero-order chi connectivity index (χ0) is 29.0. The Morgan fingerprint density at radius 2 is 1.34 bits per heavy atom. The molecule has 0 saturated carbocycles. The summed E-state index contributed by atoms with van der Waals surface area (Å²) >= 11 is 5.91. The van der Waals surface area contributed by atoms with E-state index in [9.17, 15) is 21.6 Å². The van der Waals surface area contributed by atoms with Gasteiger partial charge in [0.25, 0.3) is 15.9 Å². The highest BCUT2D eigenvalue weighted by Crippen LogP contribution is 2.28. The van der Waals surface area contributed by atoms with E-state index in [1.807, 2.05) is 4.90 Å². The van der Waals surface area contributed by atoms with Crippen LogP contribution in [0.3, 0.4) is 0 Å². The van der Waals surface area contributed by atoms with Gasteiger partial charge in [-0.1, -0.05) is 11.6 Å². The zero-order valence-corrected chi connectivity index (χ0v) is 24.3. The third kappa shape index (κ3) is 6.83. The van der Waals surface area contributed by atoms with Crippen molar-refractivity contribution in [2.45, 2.75) is 9.79 Å². The molecule has 0 aliphatic carbocycles. The van der Waals surface area contributed by atoms with Crippen molar-refractivity contribution < 1.29 is 31.1 Å². The van der Waals surface area contributed by atoms with Crippen molar-refractivity contribution in [2.75, 3.05) is 67.5 Å². The minimum absolute atomic E-state index is 0.0115. The van der Waals surface area contributed by atoms with Gasteiger partial charge in [0.15, 0.2) is 0 Å². The van der Waals surface area contributed by atoms with Crippen molar-refractivity contribution in [1.29, 1.82) is 0 Å². The number of nitrogens with zero attached hydrogens (tertiary/aromatic N) is 2. The summed E-state index contributed by atoms with van der Waals surface area (Å²) in [7, 11) is -7.73. The molecule has 0 aromatic heterocycles. The first kappa shape index (κ1) is 29.3. The summed E-state index contributed by atoms with van der Waals surface area (Å²) < 4.78 is 66.6. The average molecular weight is 621 g/mol. The van der Waals surface area contributed by atoms with Gasteiger partial charge in [-0.3, -0.25) is 9.52 Å². The quantitative estimate of drug-likeness (QED) is 0.392. The molecule has 0 atom stereocenters. The number of ether oxygens (including phenoxy) is 2. The number of hydrogen-bond acceptors (Lipinski definition) is 8. The molecule has 0 spiro atoms. The number of morpholine rings is 2. The maximum Gasteiger partial charge on any atom is 0.261 e. The largest absolute Gasteiger partial charge is 0.379 e. The van der Waals surface area contributed by atoms with Gasteiger partial charge in [0.2, 0.25) is 10.0 Å². The van der Waals surface area contributed by atoms with E-state index in [2.05, 4.69) is 10.0 Å². The molecule has 0 bridgehead atoms. The van der Waals surface area contributed by atoms with Crippen LogP contribution in [-0.4, -0.2) is 79.7 Å². The maximum atomic E-state index is 13.5. The molecule has 2 N–H and O–H groups in total. The molecule has 41 heavy (non-hydrogen) atoms. The average Bonchev–Trinajstić information content (AvgIpc) is 2.98. The van der Waals surface area contributed by atoms with Gasteiger partial charge in [-0.25, -0.2) is 16.8 Å². The van der Waals surface area contributed by atoms with Gasteiger partial charge < -0.3 is 19.7 Å². The number of anilines is 3. The van der Waals surface area contributed by atoms with E-state index in [1.165, 1.54) is 52.8 Å². The lowest BCUT2D eigenvalue weighted by Gasteiger charge is -2.29. The van der Waals surface area contributed by atoms with Crippen LogP contribution in [0, 0.1) is 0 Å². The van der Waals surface area contributed by atoms with Crippen LogP contribution in [0.25, 0.3) is 0 Å². The molecule has 2 fully saturated rings. The van der Waals surface area contributed by atoms with Crippen LogP contribution in [0.15, 0.2) is 76.5 Å². The first-order chi connectivity index (χ1) is 19.6. The molecule has 3 aromatic carbocycles. The van der Waals surface area contributed by atoms with E-state index in [0.29, 0.717) is 50.2 Å². The van der Waals surface area contributed by atoms with Crippen LogP contribution >= 0.6 is 11.6 Å². The highest BCUT2D eigenvalue weighted by atomic mass is 35.5. The van der Waals surface area contributed by atoms with Crippen molar-refractivity contribution >= 4 is 54.6 Å². The standard InChI is InChI=1S/C27H29ClN4O7S2/c28-20-1-6-23(7-2-20)40(34,35)30-26-10-5-22(31-11-15-38-16-12-31)19-25(26)27(33)29-21-3-8-24(9-4-21)41(36,37)32-13-17-39-18-14-32/h1-10,19,30H,11-18H2,(H,29,33). The fourth-order valence-electron chi connectivity index (χ4n) is 4.49. The summed E-state index contributed by atoms with van der Waals surface area (Å²) in [5.74, 6) is -0.572. The fraction of sp³-hybridized carbons (Fsp3) is 0.296. The van der Waals surface area contributed by atoms with Crippen LogP contribution in [0.4, 0.5) is 17.1 Å². The lowest BCUT2D eigenvalue weighted by molar-refractivity contribution is 0.0730. The molecule has 0 radical (unpaired) electrons. The molecule has 0 unspecified atom stereocenters. The van der Waals surface area contributed by atoms with Gasteiger partial charge >= 0.3 is 0 Å². The molecule has 2 aliphatic heterocycles. The van der Waals surface area contributed by atoms with Gasteiger partial charge in [0, 0.05) is 42.6 Å². The monoisotopic (exact) mass is 620 g/mol. The molecule has 14 heteroatoms. The number of sulfonamides is 2. The maximum absolute atomic E-state index is 13.5. The minimum Gasteiger partial charge on any atom is -0.379 e. The first-order valence-corrected chi connectivity index (χ1v) is 16.2. The molecule has 2 heterocycles. The van der Waals surface area contributed by atoms with Crippen molar-refractivity contribution in [3.05, 3.63) is 77.3 Å². The van der Waals surface area contributed by atoms with E-state index in [0.717, 1.165) is 5.69 Å². The molecular formula is C27H29ClN4O7S2. The Morgan fingerprint density at radius 1 is 0.756 bits per heavy atom. The molecule has 218 valence electrons. The van der Waals surface area contributed by atoms with E-state index in [4.69, 9.17) is 21.1 Å². The van der Waals surface area contributed by atoms with Gasteiger partial charge in [-0.05, 0) is 66.7 Å². The second-order valence-corrected chi connectivity index (χ2v) is 13.4. The topological polar surface area (TPSA) is 134 Å². The summed E-state index contributed by atoms with van der Waals surface area (Å²) in [4.78, 5) is 15.7. The van der Waals surface area contributed by atoms with Crippen molar-refractivity contribution in [3.8, 4) is 0 Å². The van der Waals surface area contributed by atoms with E-state index >= 15 is 0 Å². The summed E-state index contributed by atoms with van der Waals surface area (Å²) in [5, 5.41) is 3.15. The van der Waals surface area contributed by atoms with Crippen molar-refractivity contribution in [3.63, 3.8) is 0 Å². The van der Waals surface area contributed by atoms with Crippen molar-refractivity contribution in [2.24, 2.45) is 0 Å². The number of nitrogens with one attached hydrogen (secondary N) is 2. The Labute approximate surface area is 244 Å². The summed E-state index contributed by atoms with van der Waals surface area (Å²) in [6.45, 7) is 3.52. The number of benzene rings is 3. The third-order valence-electron chi connectivity index (χ3n) is 6.71. The number of halogens is 1. The molecule has 3 aromatic rings. The third-order valence-corrected chi connectivity index (χ3v) is 10.3. The Hall–Kier alpha value is -3.20. The Bertz CT molecular complexity index is 1600. The van der Waals surface area contributed by atoms with Crippen LogP contribution in [0.5, 0.6) is 0 Å². The highest BCUT2D eigenvalue weighted by molar-refractivity contribution is 7.92. The van der Waals surface area contributed by atoms with Crippen LogP contribution in [0.1, 0.15) is 10.4 Å². The zero-order valence-electron chi connectivity index (χ0n) is 22.0. The number of amides is 1. The predicted molar refractivity (Wildman–Crippen MR) is 156 cm³/mol. The van der Waals surface area contributed by atoms with Gasteiger partial charge in [0.1, 0.15) is 0 Å². The fourth-order valence-corrected chi connectivity index (χ4v) is 7.10. The smallest absolute Gasteiger partial charge is 0.261 e. The molecule has 11 nitrogen and oxygen atoms in total. The number of carbonyl (C=O) groups excluding carboxylic acids is 1. The minimum atomic E-state index is -4.03. The number of hydrogen-bond donors (Lipinski definition) is 2. The number of rotatable bonds is 8. The Kier molecular flexibility index (Phi) is 8.82. The first-order valence-electron chi connectivity index (χ1n) is 12.9. The van der Waals surface area contributed by atoms with Crippen molar-refractivity contribution in [1.82, 2.24) is 4.31 Å². The van der Waals surface area contributed by atoms with Gasteiger partial charge in [-0.15, -0.1) is 0 Å². The molecule has 1 amide bonds. The lowest BCUT2D eigenvalue weighted by atomic mass is 10.1. The SMILES string of the molecule is O=C(Nc1ccc(S(=O)(=O)N2CCOCC2)cc1)c1cc(N2CCOCC2)ccc1NS(=O)(=O)c1ccc(Cl)cc1. The van der Waals surface area contributed by atoms with Gasteiger partial charge in [0.05, 0.1) is 47.5 Å². The predicted octanol–water partition coefficient (Wildman–Crippen LogP) is 3.25. The molecule has 2 aliphatic rings. The van der Waals surface area contributed by atoms with Crippen LogP contribution < -0.4 is 14.9 Å². The molecule has 5 rings (SSSR count). The van der Waals surface area contributed by atoms with E-state index in [-0.39, 0.29) is 34.1 Å². The Balaban J connectivity index is 1.41. The number of carbonyl (C=O) groups is 1. The van der Waals surface area contributed by atoms with Crippen LogP contribution in [0.2, 0.25) is 5.02 Å². The van der Waals surface area contributed by atoms with E-state index in [1.54, 1.807) is 18.2 Å². The summed E-state index contributed by atoms with van der Waals surface area (Å²) in [6, 6.07) is 16.4. The highest BCUT2D eigenvalue weighted by Gasteiger charge is 2.26. The summed E-state index contributed by atoms with van der Waals surface area (Å²) in [5.41, 5.74) is 1.26. The Morgan fingerprint density at radius 3 is 1.98 bits per heavy atom. The lowest BCUT2D eigenvalue weighted by Crippen LogP contribution is -2.40. The molecule has 2 saturated heterocycles. The normalized spacial score (nSPS) is 16.8. The van der Waals surface area contributed by atoms with E-state index < -0.39 is 26.0 Å². The second kappa shape index (κ2) is 12.3.